The van der Waals surface area contributed by atoms with E-state index < -0.39 is 11.4 Å². The Hall–Kier alpha value is -3.26. The lowest BCUT2D eigenvalue weighted by atomic mass is 9.80. The molecular formula is C32H41N3O5. The summed E-state index contributed by atoms with van der Waals surface area (Å²) in [5.74, 6) is 2.70. The van der Waals surface area contributed by atoms with Crippen LogP contribution in [0.25, 0.3) is 11.1 Å². The first-order chi connectivity index (χ1) is 19.3. The number of hydrogen-bond acceptors (Lipinski definition) is 7. The molecule has 3 fully saturated rings. The molecule has 1 N–H and O–H groups in total. The zero-order chi connectivity index (χ0) is 27.9. The van der Waals surface area contributed by atoms with Gasteiger partial charge in [-0.25, -0.2) is 0 Å². The van der Waals surface area contributed by atoms with E-state index in [9.17, 15) is 9.90 Å². The number of aliphatic carboxylic acids is 1. The standard InChI is InChI=1S/C32H41N3O5/c1-4-38-26-16-22(17-27(39-5-2)29(26)25-10-8-24(9-11-25)23-6-7-23)19-34-20-32(21-34)18-28(33-40-32)35-14-12-31(3,13-15-35)30(36)37/h8-11,16-17,23H,4-7,12-15,18-21H2,1-3H3,(H,36,37). The fraction of sp³-hybridized carbons (Fsp3) is 0.562. The molecule has 1 aliphatic carbocycles. The van der Waals surface area contributed by atoms with Crippen LogP contribution in [0, 0.1) is 5.41 Å². The summed E-state index contributed by atoms with van der Waals surface area (Å²) in [6.45, 7) is 10.9. The predicted octanol–water partition coefficient (Wildman–Crippen LogP) is 5.50. The van der Waals surface area contributed by atoms with Gasteiger partial charge in [0, 0.05) is 32.7 Å². The number of likely N-dealkylation sites (tertiary alicyclic amines) is 2. The van der Waals surface area contributed by atoms with Crippen LogP contribution in [0.2, 0.25) is 0 Å². The van der Waals surface area contributed by atoms with Crippen LogP contribution in [-0.4, -0.2) is 71.7 Å². The summed E-state index contributed by atoms with van der Waals surface area (Å²) in [6, 6.07) is 13.2. The van der Waals surface area contributed by atoms with E-state index in [4.69, 9.17) is 14.3 Å². The van der Waals surface area contributed by atoms with Gasteiger partial charge < -0.3 is 24.3 Å². The lowest BCUT2D eigenvalue weighted by molar-refractivity contribution is -0.150. The number of nitrogens with zero attached hydrogens (tertiary/aromatic N) is 3. The van der Waals surface area contributed by atoms with Gasteiger partial charge in [-0.2, -0.15) is 0 Å². The summed E-state index contributed by atoms with van der Waals surface area (Å²) >= 11 is 0. The van der Waals surface area contributed by atoms with E-state index in [0.29, 0.717) is 39.1 Å². The molecule has 0 amide bonds. The number of hydrogen-bond donors (Lipinski definition) is 1. The van der Waals surface area contributed by atoms with Gasteiger partial charge >= 0.3 is 5.97 Å². The molecule has 1 spiro atoms. The number of piperidine rings is 1. The van der Waals surface area contributed by atoms with Gasteiger partial charge in [0.2, 0.25) is 0 Å². The van der Waals surface area contributed by atoms with Gasteiger partial charge in [0.25, 0.3) is 0 Å². The highest BCUT2D eigenvalue weighted by Crippen LogP contribution is 2.44. The average Bonchev–Trinajstić information content (AvgIpc) is 3.68. The Bertz CT molecular complexity index is 1240. The van der Waals surface area contributed by atoms with Crippen LogP contribution in [0.4, 0.5) is 0 Å². The van der Waals surface area contributed by atoms with E-state index >= 15 is 0 Å². The number of amidine groups is 1. The molecular weight excluding hydrogens is 506 g/mol. The zero-order valence-electron chi connectivity index (χ0n) is 23.9. The van der Waals surface area contributed by atoms with Crippen molar-refractivity contribution in [2.24, 2.45) is 10.6 Å². The van der Waals surface area contributed by atoms with Crippen molar-refractivity contribution in [3.63, 3.8) is 0 Å². The van der Waals surface area contributed by atoms with Crippen LogP contribution in [0.1, 0.15) is 69.9 Å². The Morgan fingerprint density at radius 3 is 2.23 bits per heavy atom. The first-order valence-electron chi connectivity index (χ1n) is 14.8. The van der Waals surface area contributed by atoms with Gasteiger partial charge in [-0.3, -0.25) is 9.69 Å². The minimum absolute atomic E-state index is 0.280. The molecule has 1 saturated carbocycles. The molecule has 6 rings (SSSR count). The highest BCUT2D eigenvalue weighted by Gasteiger charge is 2.51. The Morgan fingerprint density at radius 1 is 1.05 bits per heavy atom. The minimum Gasteiger partial charge on any atom is -0.493 e. The van der Waals surface area contributed by atoms with Gasteiger partial charge in [-0.15, -0.1) is 0 Å². The van der Waals surface area contributed by atoms with Crippen molar-refractivity contribution in [1.29, 1.82) is 0 Å². The first kappa shape index (κ1) is 26.9. The van der Waals surface area contributed by atoms with E-state index in [2.05, 4.69) is 51.4 Å². The molecule has 2 saturated heterocycles. The van der Waals surface area contributed by atoms with Gasteiger partial charge in [0.1, 0.15) is 17.3 Å². The zero-order valence-corrected chi connectivity index (χ0v) is 23.9. The summed E-state index contributed by atoms with van der Waals surface area (Å²) in [6.07, 6.45) is 4.63. The topological polar surface area (TPSA) is 83.8 Å². The van der Waals surface area contributed by atoms with Crippen LogP contribution in [0.5, 0.6) is 11.5 Å². The molecule has 40 heavy (non-hydrogen) atoms. The third-order valence-corrected chi connectivity index (χ3v) is 8.98. The highest BCUT2D eigenvalue weighted by molar-refractivity contribution is 5.85. The van der Waals surface area contributed by atoms with E-state index in [-0.39, 0.29) is 5.60 Å². The number of rotatable bonds is 9. The Balaban J connectivity index is 1.11. The van der Waals surface area contributed by atoms with E-state index in [1.165, 1.54) is 18.4 Å². The Morgan fingerprint density at radius 2 is 1.68 bits per heavy atom. The molecule has 0 radical (unpaired) electrons. The van der Waals surface area contributed by atoms with E-state index in [1.807, 2.05) is 20.8 Å². The average molecular weight is 548 g/mol. The fourth-order valence-electron chi connectivity index (χ4n) is 6.35. The summed E-state index contributed by atoms with van der Waals surface area (Å²) in [5, 5.41) is 14.0. The maximum atomic E-state index is 11.6. The monoisotopic (exact) mass is 547 g/mol. The Labute approximate surface area is 236 Å². The lowest BCUT2D eigenvalue weighted by Gasteiger charge is -2.45. The second-order valence-electron chi connectivity index (χ2n) is 12.2. The van der Waals surface area contributed by atoms with Gasteiger partial charge in [0.05, 0.1) is 30.6 Å². The molecule has 2 aromatic rings. The highest BCUT2D eigenvalue weighted by atomic mass is 16.7. The summed E-state index contributed by atoms with van der Waals surface area (Å²) in [5.41, 5.74) is 3.80. The molecule has 0 aromatic heterocycles. The summed E-state index contributed by atoms with van der Waals surface area (Å²) < 4.78 is 12.3. The third kappa shape index (κ3) is 5.26. The minimum atomic E-state index is -0.706. The van der Waals surface area contributed by atoms with Crippen LogP contribution in [0.15, 0.2) is 41.6 Å². The lowest BCUT2D eigenvalue weighted by Crippen LogP contribution is -2.61. The number of carboxylic acids is 1. The summed E-state index contributed by atoms with van der Waals surface area (Å²) in [7, 11) is 0. The van der Waals surface area contributed by atoms with Gasteiger partial charge in [0.15, 0.2) is 5.60 Å². The number of ether oxygens (including phenoxy) is 2. The van der Waals surface area contributed by atoms with Crippen molar-refractivity contribution in [1.82, 2.24) is 9.80 Å². The smallest absolute Gasteiger partial charge is 0.309 e. The van der Waals surface area contributed by atoms with Crippen LogP contribution in [-0.2, 0) is 16.2 Å². The fourth-order valence-corrected chi connectivity index (χ4v) is 6.35. The van der Waals surface area contributed by atoms with Crippen LogP contribution in [0.3, 0.4) is 0 Å². The van der Waals surface area contributed by atoms with Crippen molar-refractivity contribution in [3.05, 3.63) is 47.5 Å². The molecule has 214 valence electrons. The van der Waals surface area contributed by atoms with Crippen molar-refractivity contribution >= 4 is 11.8 Å². The van der Waals surface area contributed by atoms with Crippen molar-refractivity contribution in [2.45, 2.75) is 70.9 Å². The largest absolute Gasteiger partial charge is 0.493 e. The van der Waals surface area contributed by atoms with Gasteiger partial charge in [-0.1, -0.05) is 29.4 Å². The van der Waals surface area contributed by atoms with Crippen molar-refractivity contribution in [2.75, 3.05) is 39.4 Å². The molecule has 2 aromatic carbocycles. The van der Waals surface area contributed by atoms with Gasteiger partial charge in [-0.05, 0) is 81.2 Å². The molecule has 0 atom stereocenters. The quantitative estimate of drug-likeness (QED) is 0.444. The predicted molar refractivity (Wildman–Crippen MR) is 154 cm³/mol. The maximum absolute atomic E-state index is 11.6. The van der Waals surface area contributed by atoms with E-state index in [1.54, 1.807) is 0 Å². The molecule has 3 aliphatic heterocycles. The van der Waals surface area contributed by atoms with E-state index in [0.717, 1.165) is 66.0 Å². The number of benzene rings is 2. The van der Waals surface area contributed by atoms with Crippen molar-refractivity contribution in [3.8, 4) is 22.6 Å². The number of carbonyl (C=O) groups is 1. The molecule has 8 nitrogen and oxygen atoms in total. The molecule has 4 aliphatic rings. The molecule has 3 heterocycles. The second kappa shape index (κ2) is 10.6. The third-order valence-electron chi connectivity index (χ3n) is 8.98. The number of carboxylic acid groups (broad SMARTS) is 1. The molecule has 0 bridgehead atoms. The van der Waals surface area contributed by atoms with Crippen LogP contribution >= 0.6 is 0 Å². The Kier molecular flexibility index (Phi) is 7.15. The summed E-state index contributed by atoms with van der Waals surface area (Å²) in [4.78, 5) is 22.2. The van der Waals surface area contributed by atoms with Crippen LogP contribution < -0.4 is 9.47 Å². The van der Waals surface area contributed by atoms with Crippen molar-refractivity contribution < 1.29 is 24.2 Å². The first-order valence-corrected chi connectivity index (χ1v) is 14.8. The normalized spacial score (nSPS) is 21.5. The molecule has 0 unspecified atom stereocenters. The SMILES string of the molecule is CCOc1cc(CN2CC3(CC(N4CCC(C)(C(=O)O)CC4)=NO3)C2)cc(OCC)c1-c1ccc(C2CC2)cc1. The molecule has 8 heteroatoms. The number of oxime groups is 1. The maximum Gasteiger partial charge on any atom is 0.309 e. The second-order valence-corrected chi connectivity index (χ2v) is 12.2.